The lowest BCUT2D eigenvalue weighted by molar-refractivity contribution is -0.128. The van der Waals surface area contributed by atoms with E-state index in [0.717, 1.165) is 6.26 Å². The third kappa shape index (κ3) is 5.18. The van der Waals surface area contributed by atoms with Crippen LogP contribution in [0.1, 0.15) is 13.8 Å². The van der Waals surface area contributed by atoms with Crippen LogP contribution < -0.4 is 11.1 Å². The van der Waals surface area contributed by atoms with Crippen molar-refractivity contribution in [1.29, 1.82) is 0 Å². The van der Waals surface area contributed by atoms with Crippen LogP contribution in [0.3, 0.4) is 0 Å². The SMILES string of the molecule is CC(C)(CN)C(=O)NCCS(C)(=O)=O. The zero-order valence-electron chi connectivity index (χ0n) is 8.83. The molecule has 0 spiro atoms. The predicted octanol–water partition coefficient (Wildman–Crippen LogP) is -0.868. The van der Waals surface area contributed by atoms with Gasteiger partial charge in [0.1, 0.15) is 9.84 Å². The van der Waals surface area contributed by atoms with Crippen LogP contribution in [0.5, 0.6) is 0 Å². The van der Waals surface area contributed by atoms with Crippen LogP contribution >= 0.6 is 0 Å². The standard InChI is InChI=1S/C8H18N2O3S/c1-8(2,6-9)7(11)10-4-5-14(3,12)13/h4-6,9H2,1-3H3,(H,10,11). The number of carbonyl (C=O) groups excluding carboxylic acids is 1. The van der Waals surface area contributed by atoms with Gasteiger partial charge in [-0.1, -0.05) is 0 Å². The smallest absolute Gasteiger partial charge is 0.226 e. The molecule has 5 nitrogen and oxygen atoms in total. The molecular formula is C8H18N2O3S. The quantitative estimate of drug-likeness (QED) is 0.633. The van der Waals surface area contributed by atoms with Gasteiger partial charge in [0.05, 0.1) is 11.2 Å². The normalized spacial score (nSPS) is 12.6. The fourth-order valence-corrected chi connectivity index (χ4v) is 1.15. The molecular weight excluding hydrogens is 204 g/mol. The van der Waals surface area contributed by atoms with Crippen molar-refractivity contribution in [2.75, 3.05) is 25.1 Å². The van der Waals surface area contributed by atoms with Crippen molar-refractivity contribution in [3.8, 4) is 0 Å². The van der Waals surface area contributed by atoms with Gasteiger partial charge in [-0.2, -0.15) is 0 Å². The van der Waals surface area contributed by atoms with Crippen LogP contribution in [-0.4, -0.2) is 39.4 Å². The second kappa shape index (κ2) is 4.75. The Bertz CT molecular complexity index is 296. The first-order valence-corrected chi connectivity index (χ1v) is 6.41. The molecule has 1 amide bonds. The molecule has 0 bridgehead atoms. The first-order valence-electron chi connectivity index (χ1n) is 4.35. The maximum Gasteiger partial charge on any atom is 0.226 e. The highest BCUT2D eigenvalue weighted by Crippen LogP contribution is 2.11. The van der Waals surface area contributed by atoms with Crippen molar-refractivity contribution in [3.05, 3.63) is 0 Å². The highest BCUT2D eigenvalue weighted by atomic mass is 32.2. The maximum absolute atomic E-state index is 11.4. The van der Waals surface area contributed by atoms with Gasteiger partial charge in [-0.15, -0.1) is 0 Å². The summed E-state index contributed by atoms with van der Waals surface area (Å²) in [6, 6.07) is 0. The van der Waals surface area contributed by atoms with E-state index in [2.05, 4.69) is 5.32 Å². The third-order valence-corrected chi connectivity index (χ3v) is 2.83. The summed E-state index contributed by atoms with van der Waals surface area (Å²) in [5.41, 5.74) is 4.74. The van der Waals surface area contributed by atoms with E-state index in [-0.39, 0.29) is 24.7 Å². The molecule has 0 radical (unpaired) electrons. The molecule has 0 saturated heterocycles. The van der Waals surface area contributed by atoms with Crippen LogP contribution in [0.25, 0.3) is 0 Å². The Kier molecular flexibility index (Phi) is 4.54. The minimum atomic E-state index is -3.02. The number of hydrogen-bond donors (Lipinski definition) is 2. The lowest BCUT2D eigenvalue weighted by Crippen LogP contribution is -2.43. The summed E-state index contributed by atoms with van der Waals surface area (Å²) in [7, 11) is -3.02. The molecule has 0 rings (SSSR count). The van der Waals surface area contributed by atoms with E-state index in [1.165, 1.54) is 0 Å². The zero-order valence-corrected chi connectivity index (χ0v) is 9.65. The average molecular weight is 222 g/mol. The van der Waals surface area contributed by atoms with E-state index >= 15 is 0 Å². The van der Waals surface area contributed by atoms with E-state index in [4.69, 9.17) is 5.73 Å². The van der Waals surface area contributed by atoms with Gasteiger partial charge in [0, 0.05) is 19.3 Å². The molecule has 0 aromatic rings. The van der Waals surface area contributed by atoms with E-state index in [0.29, 0.717) is 0 Å². The summed E-state index contributed by atoms with van der Waals surface area (Å²) in [5.74, 6) is -0.261. The Morgan fingerprint density at radius 3 is 2.29 bits per heavy atom. The van der Waals surface area contributed by atoms with Crippen molar-refractivity contribution in [2.45, 2.75) is 13.8 Å². The summed E-state index contributed by atoms with van der Waals surface area (Å²) in [5, 5.41) is 2.53. The first kappa shape index (κ1) is 13.4. The Hall–Kier alpha value is -0.620. The lowest BCUT2D eigenvalue weighted by Gasteiger charge is -2.20. The highest BCUT2D eigenvalue weighted by Gasteiger charge is 2.25. The predicted molar refractivity (Wildman–Crippen MR) is 55.6 cm³/mol. The molecule has 0 aromatic carbocycles. The van der Waals surface area contributed by atoms with E-state index < -0.39 is 15.3 Å². The van der Waals surface area contributed by atoms with Gasteiger partial charge in [0.2, 0.25) is 5.91 Å². The second-order valence-corrected chi connectivity index (χ2v) is 6.23. The average Bonchev–Trinajstić information content (AvgIpc) is 2.02. The molecule has 6 heteroatoms. The summed E-state index contributed by atoms with van der Waals surface area (Å²) < 4.78 is 21.5. The fourth-order valence-electron chi connectivity index (χ4n) is 0.682. The first-order chi connectivity index (χ1) is 6.19. The minimum Gasteiger partial charge on any atom is -0.355 e. The second-order valence-electron chi connectivity index (χ2n) is 3.97. The summed E-state index contributed by atoms with van der Waals surface area (Å²) in [6.45, 7) is 3.80. The number of rotatable bonds is 5. The number of sulfone groups is 1. The maximum atomic E-state index is 11.4. The Labute approximate surface area is 85.0 Å². The van der Waals surface area contributed by atoms with E-state index in [1.807, 2.05) is 0 Å². The minimum absolute atomic E-state index is 0.0423. The van der Waals surface area contributed by atoms with Crippen molar-refractivity contribution >= 4 is 15.7 Å². The summed E-state index contributed by atoms with van der Waals surface area (Å²) in [4.78, 5) is 11.4. The Balaban J connectivity index is 3.99. The largest absolute Gasteiger partial charge is 0.355 e. The third-order valence-electron chi connectivity index (χ3n) is 1.88. The zero-order chi connectivity index (χ0) is 11.4. The van der Waals surface area contributed by atoms with E-state index in [9.17, 15) is 13.2 Å². The molecule has 84 valence electrons. The molecule has 0 aliphatic heterocycles. The molecule has 0 aromatic heterocycles. The number of carbonyl (C=O) groups is 1. The van der Waals surface area contributed by atoms with Crippen LogP contribution in [0.2, 0.25) is 0 Å². The molecule has 0 aliphatic carbocycles. The molecule has 0 saturated carbocycles. The van der Waals surface area contributed by atoms with E-state index in [1.54, 1.807) is 13.8 Å². The van der Waals surface area contributed by atoms with Crippen molar-refractivity contribution in [3.63, 3.8) is 0 Å². The molecule has 0 atom stereocenters. The van der Waals surface area contributed by atoms with Crippen molar-refractivity contribution in [2.24, 2.45) is 11.1 Å². The summed E-state index contributed by atoms with van der Waals surface area (Å²) >= 11 is 0. The van der Waals surface area contributed by atoms with Crippen LogP contribution in [0.15, 0.2) is 0 Å². The summed E-state index contributed by atoms with van der Waals surface area (Å²) in [6.07, 6.45) is 1.13. The molecule has 3 N–H and O–H groups in total. The molecule has 0 aliphatic rings. The topological polar surface area (TPSA) is 89.3 Å². The van der Waals surface area contributed by atoms with Gasteiger partial charge in [-0.05, 0) is 13.8 Å². The monoisotopic (exact) mass is 222 g/mol. The van der Waals surface area contributed by atoms with Crippen LogP contribution in [0, 0.1) is 5.41 Å². The van der Waals surface area contributed by atoms with Crippen LogP contribution in [-0.2, 0) is 14.6 Å². The highest BCUT2D eigenvalue weighted by molar-refractivity contribution is 7.90. The van der Waals surface area contributed by atoms with Gasteiger partial charge < -0.3 is 11.1 Å². The molecule has 0 unspecified atom stereocenters. The molecule has 14 heavy (non-hydrogen) atoms. The number of nitrogens with two attached hydrogens (primary N) is 1. The van der Waals surface area contributed by atoms with Gasteiger partial charge >= 0.3 is 0 Å². The van der Waals surface area contributed by atoms with Gasteiger partial charge in [-0.3, -0.25) is 4.79 Å². The number of amides is 1. The lowest BCUT2D eigenvalue weighted by atomic mass is 9.93. The van der Waals surface area contributed by atoms with Crippen molar-refractivity contribution in [1.82, 2.24) is 5.32 Å². The van der Waals surface area contributed by atoms with Crippen molar-refractivity contribution < 1.29 is 13.2 Å². The Morgan fingerprint density at radius 1 is 1.43 bits per heavy atom. The van der Waals surface area contributed by atoms with Gasteiger partial charge in [-0.25, -0.2) is 8.42 Å². The number of hydrogen-bond acceptors (Lipinski definition) is 4. The van der Waals surface area contributed by atoms with Gasteiger partial charge in [0.15, 0.2) is 0 Å². The fraction of sp³-hybridized carbons (Fsp3) is 0.875. The number of nitrogens with one attached hydrogen (secondary N) is 1. The molecule has 0 fully saturated rings. The van der Waals surface area contributed by atoms with Gasteiger partial charge in [0.25, 0.3) is 0 Å². The molecule has 0 heterocycles. The Morgan fingerprint density at radius 2 is 1.93 bits per heavy atom. The van der Waals surface area contributed by atoms with Crippen LogP contribution in [0.4, 0.5) is 0 Å².